The second-order valence-electron chi connectivity index (χ2n) is 6.17. The molecule has 0 saturated carbocycles. The normalized spacial score (nSPS) is 15.2. The standard InChI is InChI=1S/C7H11Ge.3C4H10O.Zr/c1-8(2)7-5-3-4-6-7;3*1-3-4(2)5;/h3,5,8H,4H2,1-2H3;3*4-5H,3H2,1-2H3;/q-1;;;;. The maximum absolute atomic E-state index is 8.36. The van der Waals surface area contributed by atoms with E-state index in [2.05, 4.69) is 29.7 Å². The number of hydrogen-bond acceptors (Lipinski definition) is 3. The minimum Gasteiger partial charge on any atom is 0 e. The quantitative estimate of drug-likeness (QED) is 0.420. The van der Waals surface area contributed by atoms with E-state index in [-0.39, 0.29) is 44.5 Å². The van der Waals surface area contributed by atoms with Gasteiger partial charge in [-0.05, 0) is 40.0 Å². The summed E-state index contributed by atoms with van der Waals surface area (Å²) >= 11 is -0.912. The molecule has 24 heavy (non-hydrogen) atoms. The molecule has 3 nitrogen and oxygen atoms in total. The molecule has 0 spiro atoms. The average molecular weight is 481 g/mol. The van der Waals surface area contributed by atoms with Crippen LogP contribution in [0.15, 0.2) is 16.6 Å². The van der Waals surface area contributed by atoms with Crippen molar-refractivity contribution in [1.29, 1.82) is 0 Å². The van der Waals surface area contributed by atoms with Crippen LogP contribution in [-0.2, 0) is 26.2 Å². The zero-order chi connectivity index (χ0) is 18.8. The van der Waals surface area contributed by atoms with E-state index in [9.17, 15) is 0 Å². The Bertz CT molecular complexity index is 269. The molecule has 1 aliphatic rings. The second-order valence-corrected chi connectivity index (χ2v) is 12.3. The zero-order valence-corrected chi connectivity index (χ0v) is 22.0. The second kappa shape index (κ2) is 23.8. The van der Waals surface area contributed by atoms with Crippen LogP contribution in [0.5, 0.6) is 0 Å². The van der Waals surface area contributed by atoms with Crippen LogP contribution in [0, 0.1) is 6.08 Å². The van der Waals surface area contributed by atoms with Gasteiger partial charge in [-0.25, -0.2) is 0 Å². The van der Waals surface area contributed by atoms with Gasteiger partial charge in [-0.3, -0.25) is 0 Å². The molecule has 3 unspecified atom stereocenters. The van der Waals surface area contributed by atoms with Gasteiger partial charge in [0.2, 0.25) is 0 Å². The Hall–Kier alpha value is 0.786. The van der Waals surface area contributed by atoms with E-state index >= 15 is 0 Å². The number of allylic oxidation sites excluding steroid dienone is 4. The van der Waals surface area contributed by atoms with Gasteiger partial charge < -0.3 is 15.3 Å². The van der Waals surface area contributed by atoms with Crippen LogP contribution in [0.25, 0.3) is 0 Å². The van der Waals surface area contributed by atoms with E-state index in [1.807, 2.05) is 20.8 Å². The summed E-state index contributed by atoms with van der Waals surface area (Å²) in [6.45, 7) is 11.2. The first-order valence-corrected chi connectivity index (χ1v) is 15.0. The molecule has 1 rings (SSSR count). The van der Waals surface area contributed by atoms with Gasteiger partial charge in [-0.1, -0.05) is 20.8 Å². The molecule has 1 aliphatic carbocycles. The maximum Gasteiger partial charge on any atom is 0 e. The predicted octanol–water partition coefficient (Wildman–Crippen LogP) is 4.03. The first kappa shape index (κ1) is 32.5. The van der Waals surface area contributed by atoms with Gasteiger partial charge in [0.15, 0.2) is 0 Å². The third-order valence-electron chi connectivity index (χ3n) is 3.12. The van der Waals surface area contributed by atoms with Crippen molar-refractivity contribution in [3.05, 3.63) is 22.6 Å². The van der Waals surface area contributed by atoms with Crippen LogP contribution >= 0.6 is 0 Å². The molecule has 0 amide bonds. The molecule has 0 aliphatic heterocycles. The SMILES string of the molecule is CCC(C)O.CCC(C)O.CCC(C)O.[CH3][GeH]([CH3])[C]1=[C-]CC=C1.[Zr]. The van der Waals surface area contributed by atoms with Gasteiger partial charge in [0, 0.05) is 26.2 Å². The summed E-state index contributed by atoms with van der Waals surface area (Å²) in [7, 11) is 0. The first-order valence-electron chi connectivity index (χ1n) is 8.93. The van der Waals surface area contributed by atoms with E-state index < -0.39 is 14.3 Å². The van der Waals surface area contributed by atoms with Crippen molar-refractivity contribution in [2.75, 3.05) is 0 Å². The molecular formula is C19H41GeO3Zr-. The van der Waals surface area contributed by atoms with Crippen molar-refractivity contribution < 1.29 is 41.5 Å². The first-order chi connectivity index (χ1) is 10.6. The summed E-state index contributed by atoms with van der Waals surface area (Å²) in [6.07, 6.45) is 11.1. The van der Waals surface area contributed by atoms with Crippen molar-refractivity contribution >= 4 is 14.3 Å². The van der Waals surface area contributed by atoms with Crippen LogP contribution < -0.4 is 0 Å². The Morgan fingerprint density at radius 3 is 1.29 bits per heavy atom. The average Bonchev–Trinajstić information content (AvgIpc) is 3.03. The predicted molar refractivity (Wildman–Crippen MR) is 105 cm³/mol. The summed E-state index contributed by atoms with van der Waals surface area (Å²) in [4.78, 5) is 0. The minimum atomic E-state index is -0.912. The minimum absolute atomic E-state index is 0. The van der Waals surface area contributed by atoms with Crippen LogP contribution in [0.3, 0.4) is 0 Å². The Balaban J connectivity index is -0.000000113. The molecular weight excluding hydrogens is 440 g/mol. The summed E-state index contributed by atoms with van der Waals surface area (Å²) in [6, 6.07) is 0. The Kier molecular flexibility index (Phi) is 32.2. The van der Waals surface area contributed by atoms with Crippen LogP contribution in [0.1, 0.15) is 67.2 Å². The van der Waals surface area contributed by atoms with Crippen molar-refractivity contribution in [3.63, 3.8) is 0 Å². The molecule has 0 fully saturated rings. The monoisotopic (exact) mass is 481 g/mol. The smallest absolute Gasteiger partial charge is 0 e. The van der Waals surface area contributed by atoms with Crippen molar-refractivity contribution in [1.82, 2.24) is 0 Å². The van der Waals surface area contributed by atoms with Gasteiger partial charge in [-0.2, -0.15) is 0 Å². The Morgan fingerprint density at radius 1 is 0.917 bits per heavy atom. The number of aliphatic hydroxyl groups excluding tert-OH is 3. The topological polar surface area (TPSA) is 60.7 Å². The molecule has 0 heterocycles. The van der Waals surface area contributed by atoms with Crippen LogP contribution in [0.2, 0.25) is 11.5 Å². The number of rotatable bonds is 4. The molecule has 5 heteroatoms. The van der Waals surface area contributed by atoms with Crippen molar-refractivity contribution in [2.24, 2.45) is 0 Å². The third-order valence-corrected chi connectivity index (χ3v) is 6.56. The molecule has 0 radical (unpaired) electrons. The Morgan fingerprint density at radius 2 is 1.21 bits per heavy atom. The van der Waals surface area contributed by atoms with Crippen molar-refractivity contribution in [3.8, 4) is 0 Å². The molecule has 144 valence electrons. The fraction of sp³-hybridized carbons (Fsp3) is 0.789. The van der Waals surface area contributed by atoms with Crippen molar-refractivity contribution in [2.45, 2.75) is 97.1 Å². The van der Waals surface area contributed by atoms with E-state index in [4.69, 9.17) is 15.3 Å². The summed E-state index contributed by atoms with van der Waals surface area (Å²) in [5.74, 6) is 4.76. The molecule has 0 aromatic rings. The Labute approximate surface area is 174 Å². The van der Waals surface area contributed by atoms with Crippen LogP contribution in [0.4, 0.5) is 0 Å². The fourth-order valence-electron chi connectivity index (χ4n) is 0.818. The van der Waals surface area contributed by atoms with Crippen LogP contribution in [-0.4, -0.2) is 48.0 Å². The molecule has 0 saturated heterocycles. The number of aliphatic hydroxyl groups is 3. The van der Waals surface area contributed by atoms with Gasteiger partial charge in [0.1, 0.15) is 0 Å². The molecule has 3 atom stereocenters. The molecule has 3 N–H and O–H groups in total. The van der Waals surface area contributed by atoms with Gasteiger partial charge in [-0.15, -0.1) is 0 Å². The molecule has 0 aromatic carbocycles. The molecule has 0 bridgehead atoms. The van der Waals surface area contributed by atoms with Gasteiger partial charge >= 0.3 is 54.9 Å². The van der Waals surface area contributed by atoms with Gasteiger partial charge in [0.05, 0.1) is 18.3 Å². The largest absolute Gasteiger partial charge is 0 e. The molecule has 0 aromatic heterocycles. The summed E-state index contributed by atoms with van der Waals surface area (Å²) < 4.78 is 1.55. The van der Waals surface area contributed by atoms with Gasteiger partial charge in [0.25, 0.3) is 0 Å². The summed E-state index contributed by atoms with van der Waals surface area (Å²) in [5.41, 5.74) is 0. The van der Waals surface area contributed by atoms with E-state index in [0.717, 1.165) is 25.7 Å². The van der Waals surface area contributed by atoms with E-state index in [1.54, 1.807) is 25.2 Å². The zero-order valence-electron chi connectivity index (χ0n) is 17.1. The fourth-order valence-corrected chi connectivity index (χ4v) is 3.02. The van der Waals surface area contributed by atoms with E-state index in [1.165, 1.54) is 0 Å². The summed E-state index contributed by atoms with van der Waals surface area (Å²) in [5, 5.41) is 25.1. The number of hydrogen-bond donors (Lipinski definition) is 3. The van der Waals surface area contributed by atoms with E-state index in [0.29, 0.717) is 0 Å². The third kappa shape index (κ3) is 34.2. The maximum atomic E-state index is 8.36.